The van der Waals surface area contributed by atoms with E-state index >= 15 is 0 Å². The highest BCUT2D eigenvalue weighted by atomic mass is 79.9. The van der Waals surface area contributed by atoms with Crippen LogP contribution in [0.15, 0.2) is 53.0 Å². The van der Waals surface area contributed by atoms with Crippen molar-refractivity contribution >= 4 is 27.6 Å². The van der Waals surface area contributed by atoms with Gasteiger partial charge in [-0.15, -0.1) is 0 Å². The monoisotopic (exact) mass is 383 g/mol. The molecule has 3 nitrogen and oxygen atoms in total. The molecule has 0 bridgehead atoms. The fourth-order valence-electron chi connectivity index (χ4n) is 4.04. The summed E-state index contributed by atoms with van der Waals surface area (Å²) in [6.45, 7) is 2.04. The lowest BCUT2D eigenvalue weighted by Crippen LogP contribution is -2.31. The number of fused-ring (bicyclic) bond motifs is 3. The Balaban J connectivity index is 1.86. The van der Waals surface area contributed by atoms with Crippen molar-refractivity contribution < 1.29 is 9.90 Å². The van der Waals surface area contributed by atoms with E-state index in [0.29, 0.717) is 11.5 Å². The maximum atomic E-state index is 11.7. The second-order valence-corrected chi connectivity index (χ2v) is 7.47. The number of benzene rings is 2. The molecule has 0 aromatic heterocycles. The molecule has 4 rings (SSSR count). The Morgan fingerprint density at radius 2 is 1.96 bits per heavy atom. The van der Waals surface area contributed by atoms with Gasteiger partial charge in [-0.1, -0.05) is 46.3 Å². The summed E-state index contributed by atoms with van der Waals surface area (Å²) in [6.07, 6.45) is 5.33. The highest BCUT2D eigenvalue weighted by Crippen LogP contribution is 2.51. The number of halogens is 1. The standard InChI is InChI=1S/C20H18BrNO2/c1-11-5-10-16(20(23)24)17-14-3-2-4-15(14)19(22-18(11)17)12-6-8-13(21)9-7-12/h2-3,5-10,14-15,19,22H,4H2,1H3,(H,23,24)/t14-,15+,19-/m1/s1. The number of carbonyl (C=O) groups is 1. The molecular weight excluding hydrogens is 366 g/mol. The van der Waals surface area contributed by atoms with Crippen LogP contribution in [0, 0.1) is 12.8 Å². The van der Waals surface area contributed by atoms with Crippen molar-refractivity contribution in [2.45, 2.75) is 25.3 Å². The van der Waals surface area contributed by atoms with E-state index in [9.17, 15) is 9.90 Å². The summed E-state index contributed by atoms with van der Waals surface area (Å²) in [5.41, 5.74) is 4.67. The number of carboxylic acid groups (broad SMARTS) is 1. The third-order valence-electron chi connectivity index (χ3n) is 5.19. The van der Waals surface area contributed by atoms with Crippen molar-refractivity contribution in [2.75, 3.05) is 5.32 Å². The molecule has 0 radical (unpaired) electrons. The molecule has 2 aromatic rings. The maximum absolute atomic E-state index is 11.7. The van der Waals surface area contributed by atoms with Crippen LogP contribution in [0.3, 0.4) is 0 Å². The second kappa shape index (κ2) is 5.78. The number of aromatic carboxylic acids is 1. The average molecular weight is 384 g/mol. The highest BCUT2D eigenvalue weighted by molar-refractivity contribution is 9.10. The van der Waals surface area contributed by atoms with Crippen LogP contribution in [-0.2, 0) is 0 Å². The van der Waals surface area contributed by atoms with E-state index in [2.05, 4.69) is 57.7 Å². The molecule has 1 aliphatic carbocycles. The molecule has 0 fully saturated rings. The van der Waals surface area contributed by atoms with E-state index in [1.807, 2.05) is 13.0 Å². The van der Waals surface area contributed by atoms with Crippen LogP contribution in [0.1, 0.15) is 45.4 Å². The topological polar surface area (TPSA) is 49.3 Å². The third kappa shape index (κ3) is 2.37. The van der Waals surface area contributed by atoms with Gasteiger partial charge in [0.2, 0.25) is 0 Å². The molecule has 2 N–H and O–H groups in total. The minimum Gasteiger partial charge on any atom is -0.478 e. The molecule has 24 heavy (non-hydrogen) atoms. The van der Waals surface area contributed by atoms with Crippen molar-refractivity contribution in [3.63, 3.8) is 0 Å². The Hall–Kier alpha value is -2.07. The van der Waals surface area contributed by atoms with E-state index in [4.69, 9.17) is 0 Å². The van der Waals surface area contributed by atoms with Crippen molar-refractivity contribution in [1.29, 1.82) is 0 Å². The number of hydrogen-bond donors (Lipinski definition) is 2. The number of anilines is 1. The first-order chi connectivity index (χ1) is 11.6. The van der Waals surface area contributed by atoms with Gasteiger partial charge in [0.1, 0.15) is 0 Å². The predicted molar refractivity (Wildman–Crippen MR) is 98.6 cm³/mol. The molecule has 3 atom stereocenters. The minimum absolute atomic E-state index is 0.154. The molecule has 0 spiro atoms. The van der Waals surface area contributed by atoms with Crippen LogP contribution >= 0.6 is 15.9 Å². The van der Waals surface area contributed by atoms with Gasteiger partial charge in [-0.3, -0.25) is 0 Å². The molecule has 0 saturated heterocycles. The fraction of sp³-hybridized carbons (Fsp3) is 0.250. The Labute approximate surface area is 149 Å². The maximum Gasteiger partial charge on any atom is 0.336 e. The van der Waals surface area contributed by atoms with Gasteiger partial charge in [-0.05, 0) is 54.2 Å². The van der Waals surface area contributed by atoms with Gasteiger partial charge < -0.3 is 10.4 Å². The molecule has 122 valence electrons. The van der Waals surface area contributed by atoms with Gasteiger partial charge >= 0.3 is 5.97 Å². The first kappa shape index (κ1) is 15.5. The van der Waals surface area contributed by atoms with E-state index in [1.54, 1.807) is 6.07 Å². The summed E-state index contributed by atoms with van der Waals surface area (Å²) in [7, 11) is 0. The van der Waals surface area contributed by atoms with E-state index in [-0.39, 0.29) is 12.0 Å². The number of aryl methyl sites for hydroxylation is 1. The smallest absolute Gasteiger partial charge is 0.336 e. The summed E-state index contributed by atoms with van der Waals surface area (Å²) in [4.78, 5) is 11.7. The first-order valence-electron chi connectivity index (χ1n) is 8.11. The lowest BCUT2D eigenvalue weighted by molar-refractivity contribution is 0.0695. The average Bonchev–Trinajstić information content (AvgIpc) is 3.05. The highest BCUT2D eigenvalue weighted by Gasteiger charge is 2.40. The quantitative estimate of drug-likeness (QED) is 0.693. The van der Waals surface area contributed by atoms with Gasteiger partial charge in [0.25, 0.3) is 0 Å². The lowest BCUT2D eigenvalue weighted by Gasteiger charge is -2.39. The number of hydrogen-bond acceptors (Lipinski definition) is 2. The summed E-state index contributed by atoms with van der Waals surface area (Å²) in [6, 6.07) is 12.2. The van der Waals surface area contributed by atoms with Crippen LogP contribution in [0.2, 0.25) is 0 Å². The molecule has 2 aliphatic rings. The van der Waals surface area contributed by atoms with Gasteiger partial charge in [0, 0.05) is 16.1 Å². The van der Waals surface area contributed by atoms with E-state index < -0.39 is 5.97 Å². The van der Waals surface area contributed by atoms with Crippen LogP contribution in [-0.4, -0.2) is 11.1 Å². The Bertz CT molecular complexity index is 841. The molecule has 0 amide bonds. The molecule has 4 heteroatoms. The normalized spacial score (nSPS) is 24.2. The molecule has 0 unspecified atom stereocenters. The molecule has 2 aromatic carbocycles. The van der Waals surface area contributed by atoms with Crippen molar-refractivity contribution in [3.8, 4) is 0 Å². The molecule has 1 aliphatic heterocycles. The van der Waals surface area contributed by atoms with Gasteiger partial charge in [-0.2, -0.15) is 0 Å². The number of carboxylic acids is 1. The van der Waals surface area contributed by atoms with Gasteiger partial charge in [-0.25, -0.2) is 4.79 Å². The summed E-state index contributed by atoms with van der Waals surface area (Å²) < 4.78 is 1.06. The zero-order valence-electron chi connectivity index (χ0n) is 13.3. The van der Waals surface area contributed by atoms with Crippen LogP contribution < -0.4 is 5.32 Å². The van der Waals surface area contributed by atoms with Crippen molar-refractivity contribution in [3.05, 3.63) is 75.3 Å². The largest absolute Gasteiger partial charge is 0.478 e. The number of nitrogens with one attached hydrogen (secondary N) is 1. The predicted octanol–water partition coefficient (Wildman–Crippen LogP) is 5.28. The van der Waals surface area contributed by atoms with Crippen molar-refractivity contribution in [2.24, 2.45) is 5.92 Å². The Kier molecular flexibility index (Phi) is 3.72. The van der Waals surface area contributed by atoms with E-state index in [1.165, 1.54) is 5.56 Å². The summed E-state index contributed by atoms with van der Waals surface area (Å²) in [5.74, 6) is -0.353. The third-order valence-corrected chi connectivity index (χ3v) is 5.72. The van der Waals surface area contributed by atoms with E-state index in [0.717, 1.165) is 27.7 Å². The lowest BCUT2D eigenvalue weighted by atomic mass is 9.75. The zero-order chi connectivity index (χ0) is 16.8. The minimum atomic E-state index is -0.853. The summed E-state index contributed by atoms with van der Waals surface area (Å²) >= 11 is 3.49. The van der Waals surface area contributed by atoms with Gasteiger partial charge in [0.05, 0.1) is 11.6 Å². The molecular formula is C20H18BrNO2. The van der Waals surface area contributed by atoms with Gasteiger partial charge in [0.15, 0.2) is 0 Å². The second-order valence-electron chi connectivity index (χ2n) is 6.55. The Morgan fingerprint density at radius 3 is 2.67 bits per heavy atom. The molecule has 0 saturated carbocycles. The molecule has 1 heterocycles. The summed E-state index contributed by atoms with van der Waals surface area (Å²) in [5, 5.41) is 13.3. The number of allylic oxidation sites excluding steroid dienone is 2. The van der Waals surface area contributed by atoms with Crippen LogP contribution in [0.25, 0.3) is 0 Å². The van der Waals surface area contributed by atoms with Crippen LogP contribution in [0.5, 0.6) is 0 Å². The fourth-order valence-corrected chi connectivity index (χ4v) is 4.31. The van der Waals surface area contributed by atoms with Crippen LogP contribution in [0.4, 0.5) is 5.69 Å². The first-order valence-corrected chi connectivity index (χ1v) is 8.91. The zero-order valence-corrected chi connectivity index (χ0v) is 14.9. The Morgan fingerprint density at radius 1 is 1.21 bits per heavy atom. The SMILES string of the molecule is Cc1ccc(C(=O)O)c2c1N[C@H](c1ccc(Br)cc1)[C@H]1CC=C[C@@H]21. The van der Waals surface area contributed by atoms with Crippen molar-refractivity contribution in [1.82, 2.24) is 0 Å². The number of rotatable bonds is 2.